The number of hydrogen-bond donors (Lipinski definition) is 0. The molecule has 0 fully saturated rings. The molecule has 0 atom stereocenters. The molecule has 1 aliphatic heterocycles. The molecule has 0 bridgehead atoms. The fourth-order valence-corrected chi connectivity index (χ4v) is 3.48. The van der Waals surface area contributed by atoms with Gasteiger partial charge in [-0.1, -0.05) is 46.4 Å². The van der Waals surface area contributed by atoms with E-state index in [0.717, 1.165) is 0 Å². The Balaban J connectivity index is 2.23. The van der Waals surface area contributed by atoms with Gasteiger partial charge in [0.1, 0.15) is 0 Å². The van der Waals surface area contributed by atoms with Gasteiger partial charge in [0.15, 0.2) is 23.0 Å². The number of halogens is 6. The highest BCUT2D eigenvalue weighted by molar-refractivity contribution is 9.11. The van der Waals surface area contributed by atoms with E-state index in [4.69, 9.17) is 55.9 Å². The van der Waals surface area contributed by atoms with Gasteiger partial charge in [-0.15, -0.1) is 0 Å². The predicted octanol–water partition coefficient (Wildman–Crippen LogP) is 7.72. The van der Waals surface area contributed by atoms with Crippen molar-refractivity contribution in [1.82, 2.24) is 0 Å². The number of hydrogen-bond acceptors (Lipinski definition) is 2. The third kappa shape index (κ3) is 2.31. The van der Waals surface area contributed by atoms with Crippen molar-refractivity contribution >= 4 is 78.3 Å². The van der Waals surface area contributed by atoms with E-state index in [1.165, 1.54) is 0 Å². The summed E-state index contributed by atoms with van der Waals surface area (Å²) in [6, 6.07) is 3.15. The summed E-state index contributed by atoms with van der Waals surface area (Å²) in [7, 11) is 0. The SMILES string of the molecule is Clc1cc2c(cc1Cl)Oc1c(Br)c(Cl)c(Cl)c(Br)c1O2. The van der Waals surface area contributed by atoms with Gasteiger partial charge in [-0.05, 0) is 31.9 Å². The molecule has 0 saturated heterocycles. The van der Waals surface area contributed by atoms with Crippen molar-refractivity contribution in [1.29, 1.82) is 0 Å². The van der Waals surface area contributed by atoms with Crippen LogP contribution in [0.15, 0.2) is 21.1 Å². The van der Waals surface area contributed by atoms with E-state index in [2.05, 4.69) is 31.9 Å². The van der Waals surface area contributed by atoms with Crippen molar-refractivity contribution < 1.29 is 9.47 Å². The quantitative estimate of drug-likeness (QED) is 0.243. The molecule has 0 N–H and O–H groups in total. The lowest BCUT2D eigenvalue weighted by Crippen LogP contribution is -2.01. The largest absolute Gasteiger partial charge is 0.448 e. The maximum Gasteiger partial charge on any atom is 0.187 e. The summed E-state index contributed by atoms with van der Waals surface area (Å²) in [5.41, 5.74) is 0. The molecule has 0 saturated carbocycles. The van der Waals surface area contributed by atoms with Gasteiger partial charge in [-0.2, -0.15) is 0 Å². The molecule has 20 heavy (non-hydrogen) atoms. The molecule has 0 radical (unpaired) electrons. The Morgan fingerprint density at radius 3 is 1.40 bits per heavy atom. The van der Waals surface area contributed by atoms with Crippen LogP contribution >= 0.6 is 78.3 Å². The molecular formula is C12H2Br2Cl4O2. The first kappa shape index (κ1) is 15.1. The van der Waals surface area contributed by atoms with E-state index in [-0.39, 0.29) is 0 Å². The molecule has 2 aromatic carbocycles. The van der Waals surface area contributed by atoms with Crippen molar-refractivity contribution in [3.63, 3.8) is 0 Å². The van der Waals surface area contributed by atoms with Crippen LogP contribution in [0.25, 0.3) is 0 Å². The zero-order chi connectivity index (χ0) is 14.6. The number of rotatable bonds is 0. The lowest BCUT2D eigenvalue weighted by Gasteiger charge is -2.24. The number of fused-ring (bicyclic) bond motifs is 2. The molecule has 0 unspecified atom stereocenters. The Morgan fingerprint density at radius 2 is 1.05 bits per heavy atom. The van der Waals surface area contributed by atoms with Gasteiger partial charge >= 0.3 is 0 Å². The summed E-state index contributed by atoms with van der Waals surface area (Å²) in [5.74, 6) is 1.71. The van der Waals surface area contributed by atoms with Crippen molar-refractivity contribution in [3.8, 4) is 23.0 Å². The van der Waals surface area contributed by atoms with Crippen LogP contribution in [0.2, 0.25) is 20.1 Å². The van der Waals surface area contributed by atoms with Gasteiger partial charge in [0.2, 0.25) is 0 Å². The summed E-state index contributed by atoms with van der Waals surface area (Å²) < 4.78 is 12.5. The van der Waals surface area contributed by atoms with E-state index in [1.807, 2.05) is 0 Å². The lowest BCUT2D eigenvalue weighted by atomic mass is 10.2. The molecule has 8 heteroatoms. The van der Waals surface area contributed by atoms with Gasteiger partial charge in [0.05, 0.1) is 29.0 Å². The Labute approximate surface area is 151 Å². The highest BCUT2D eigenvalue weighted by Crippen LogP contribution is 2.57. The standard InChI is InChI=1S/C12H2Br2Cl4O2/c13-7-9(17)10(18)8(14)12-11(7)19-5-1-3(15)4(16)2-6(5)20-12/h1-2H. The van der Waals surface area contributed by atoms with E-state index >= 15 is 0 Å². The smallest absolute Gasteiger partial charge is 0.187 e. The zero-order valence-corrected chi connectivity index (χ0v) is 15.4. The average molecular weight is 480 g/mol. The summed E-state index contributed by atoms with van der Waals surface area (Å²) in [6.07, 6.45) is 0. The molecule has 104 valence electrons. The van der Waals surface area contributed by atoms with E-state index in [9.17, 15) is 0 Å². The first-order valence-corrected chi connectivity index (χ1v) is 8.20. The van der Waals surface area contributed by atoms with E-state index < -0.39 is 0 Å². The van der Waals surface area contributed by atoms with Gasteiger partial charge < -0.3 is 9.47 Å². The monoisotopic (exact) mass is 476 g/mol. The molecular weight excluding hydrogens is 478 g/mol. The molecule has 1 heterocycles. The maximum absolute atomic E-state index is 6.11. The van der Waals surface area contributed by atoms with Crippen molar-refractivity contribution in [2.75, 3.05) is 0 Å². The minimum Gasteiger partial charge on any atom is -0.448 e. The molecule has 1 aliphatic rings. The van der Waals surface area contributed by atoms with Crippen LogP contribution in [0.3, 0.4) is 0 Å². The number of ether oxygens (including phenoxy) is 2. The minimum atomic E-state index is 0.324. The average Bonchev–Trinajstić information content (AvgIpc) is 2.43. The van der Waals surface area contributed by atoms with Gasteiger partial charge in [-0.25, -0.2) is 0 Å². The van der Waals surface area contributed by atoms with Crippen LogP contribution < -0.4 is 9.47 Å². The highest BCUT2D eigenvalue weighted by atomic mass is 79.9. The van der Waals surface area contributed by atoms with Crippen LogP contribution in [0, 0.1) is 0 Å². The Kier molecular flexibility index (Phi) is 4.08. The summed E-state index contributed by atoms with van der Waals surface area (Å²) in [4.78, 5) is 0. The van der Waals surface area contributed by atoms with Crippen molar-refractivity contribution in [2.24, 2.45) is 0 Å². The maximum atomic E-state index is 6.11. The van der Waals surface area contributed by atoms with Gasteiger partial charge in [0.25, 0.3) is 0 Å². The molecule has 0 amide bonds. The second-order valence-electron chi connectivity index (χ2n) is 3.83. The third-order valence-corrected chi connectivity index (χ3v) is 6.14. The van der Waals surface area contributed by atoms with Crippen LogP contribution in [-0.2, 0) is 0 Å². The molecule has 0 spiro atoms. The van der Waals surface area contributed by atoms with E-state index in [1.54, 1.807) is 12.1 Å². The number of benzene rings is 2. The molecule has 0 aliphatic carbocycles. The minimum absolute atomic E-state index is 0.324. The van der Waals surface area contributed by atoms with Crippen LogP contribution in [0.4, 0.5) is 0 Å². The second-order valence-corrected chi connectivity index (χ2v) is 6.99. The molecule has 2 nitrogen and oxygen atoms in total. The molecule has 2 aromatic rings. The molecule has 3 rings (SSSR count). The summed E-state index contributed by atoms with van der Waals surface area (Å²) in [6.45, 7) is 0. The van der Waals surface area contributed by atoms with Crippen molar-refractivity contribution in [2.45, 2.75) is 0 Å². The van der Waals surface area contributed by atoms with Crippen LogP contribution in [0.1, 0.15) is 0 Å². The van der Waals surface area contributed by atoms with E-state index in [0.29, 0.717) is 52.0 Å². The fourth-order valence-electron chi connectivity index (χ4n) is 1.66. The van der Waals surface area contributed by atoms with Crippen LogP contribution in [-0.4, -0.2) is 0 Å². The Morgan fingerprint density at radius 1 is 0.700 bits per heavy atom. The first-order valence-electron chi connectivity index (χ1n) is 5.11. The molecule has 0 aromatic heterocycles. The second kappa shape index (κ2) is 5.41. The summed E-state index contributed by atoms with van der Waals surface area (Å²) in [5, 5.41) is 1.38. The topological polar surface area (TPSA) is 18.5 Å². The highest BCUT2D eigenvalue weighted by Gasteiger charge is 2.29. The predicted molar refractivity (Wildman–Crippen MR) is 88.5 cm³/mol. The lowest BCUT2D eigenvalue weighted by molar-refractivity contribution is 0.356. The Bertz CT molecular complexity index is 687. The van der Waals surface area contributed by atoms with Crippen LogP contribution in [0.5, 0.6) is 23.0 Å². The fraction of sp³-hybridized carbons (Fsp3) is 0. The van der Waals surface area contributed by atoms with Gasteiger partial charge in [-0.3, -0.25) is 0 Å². The normalized spacial score (nSPS) is 12.3. The van der Waals surface area contributed by atoms with Gasteiger partial charge in [0, 0.05) is 12.1 Å². The third-order valence-electron chi connectivity index (χ3n) is 2.59. The summed E-state index contributed by atoms with van der Waals surface area (Å²) >= 11 is 30.8. The van der Waals surface area contributed by atoms with Crippen molar-refractivity contribution in [3.05, 3.63) is 41.2 Å². The first-order chi connectivity index (χ1) is 9.40. The Hall–Kier alpha value is 0.160. The zero-order valence-electron chi connectivity index (χ0n) is 9.24.